The molecule has 1 aromatic carbocycles. The van der Waals surface area contributed by atoms with Gasteiger partial charge in [0.15, 0.2) is 0 Å². The van der Waals surface area contributed by atoms with Crippen LogP contribution in [0.5, 0.6) is 0 Å². The number of carboxylic acid groups (broad SMARTS) is 1. The maximum absolute atomic E-state index is 11.4. The highest BCUT2D eigenvalue weighted by Crippen LogP contribution is 2.28. The molecule has 3 nitrogen and oxygen atoms in total. The molecule has 1 rings (SSSR count). The Hall–Kier alpha value is -1.35. The van der Waals surface area contributed by atoms with Gasteiger partial charge >= 0.3 is 5.97 Å². The van der Waals surface area contributed by atoms with Gasteiger partial charge in [0.25, 0.3) is 0 Å². The van der Waals surface area contributed by atoms with Crippen molar-refractivity contribution in [2.24, 2.45) is 0 Å². The molecule has 1 atom stereocenters. The first-order valence-electron chi connectivity index (χ1n) is 5.22. The van der Waals surface area contributed by atoms with E-state index in [0.29, 0.717) is 0 Å². The topological polar surface area (TPSA) is 46.5 Å². The first-order valence-corrected chi connectivity index (χ1v) is 5.22. The first-order chi connectivity index (χ1) is 7.41. The van der Waals surface area contributed by atoms with Crippen molar-refractivity contribution in [2.75, 3.05) is 13.7 Å². The van der Waals surface area contributed by atoms with Gasteiger partial charge in [-0.05, 0) is 31.9 Å². The van der Waals surface area contributed by atoms with Crippen molar-refractivity contribution >= 4 is 5.97 Å². The number of rotatable bonds is 4. The van der Waals surface area contributed by atoms with Crippen molar-refractivity contribution in [3.63, 3.8) is 0 Å². The molecule has 0 aliphatic rings. The summed E-state index contributed by atoms with van der Waals surface area (Å²) in [6, 6.07) is 5.79. The lowest BCUT2D eigenvalue weighted by Gasteiger charge is -2.26. The molecule has 0 heterocycles. The summed E-state index contributed by atoms with van der Waals surface area (Å²) < 4.78 is 5.03. The maximum Gasteiger partial charge on any atom is 0.316 e. The molecule has 1 aromatic rings. The van der Waals surface area contributed by atoms with Gasteiger partial charge in [0.05, 0.1) is 6.61 Å². The Balaban J connectivity index is 3.26. The largest absolute Gasteiger partial charge is 0.481 e. The first kappa shape index (κ1) is 12.7. The average Bonchev–Trinajstić information content (AvgIpc) is 2.17. The van der Waals surface area contributed by atoms with Crippen LogP contribution < -0.4 is 0 Å². The summed E-state index contributed by atoms with van der Waals surface area (Å²) in [5.74, 6) is -0.860. The Morgan fingerprint density at radius 1 is 1.44 bits per heavy atom. The van der Waals surface area contributed by atoms with E-state index >= 15 is 0 Å². The number of aliphatic carboxylic acids is 1. The highest BCUT2D eigenvalue weighted by Gasteiger charge is 2.36. The zero-order chi connectivity index (χ0) is 12.3. The average molecular weight is 222 g/mol. The fraction of sp³-hybridized carbons (Fsp3) is 0.462. The van der Waals surface area contributed by atoms with Crippen LogP contribution in [0.25, 0.3) is 0 Å². The molecule has 1 unspecified atom stereocenters. The fourth-order valence-electron chi connectivity index (χ4n) is 1.98. The summed E-state index contributed by atoms with van der Waals surface area (Å²) >= 11 is 0. The normalized spacial score (nSPS) is 14.5. The zero-order valence-corrected chi connectivity index (χ0v) is 10.2. The lowest BCUT2D eigenvalue weighted by atomic mass is 9.80. The highest BCUT2D eigenvalue weighted by atomic mass is 16.5. The van der Waals surface area contributed by atoms with Gasteiger partial charge < -0.3 is 9.84 Å². The van der Waals surface area contributed by atoms with E-state index in [1.165, 1.54) is 7.11 Å². The van der Waals surface area contributed by atoms with Crippen LogP contribution in [0.2, 0.25) is 0 Å². The van der Waals surface area contributed by atoms with Crippen LogP contribution in [0.15, 0.2) is 18.2 Å². The molecule has 0 fully saturated rings. The van der Waals surface area contributed by atoms with E-state index in [1.54, 1.807) is 6.92 Å². The van der Waals surface area contributed by atoms with Crippen LogP contribution in [0.4, 0.5) is 0 Å². The molecule has 0 saturated carbocycles. The van der Waals surface area contributed by atoms with Crippen molar-refractivity contribution in [1.29, 1.82) is 0 Å². The Labute approximate surface area is 96.1 Å². The third kappa shape index (κ3) is 2.25. The molecule has 0 amide bonds. The zero-order valence-electron chi connectivity index (χ0n) is 10.2. The third-order valence-electron chi connectivity index (χ3n) is 2.88. The predicted octanol–water partition coefficient (Wildman–Crippen LogP) is 2.29. The quantitative estimate of drug-likeness (QED) is 0.850. The molecule has 16 heavy (non-hydrogen) atoms. The molecule has 1 N–H and O–H groups in total. The molecule has 0 aromatic heterocycles. The molecule has 0 spiro atoms. The van der Waals surface area contributed by atoms with Crippen LogP contribution in [-0.4, -0.2) is 24.8 Å². The van der Waals surface area contributed by atoms with E-state index in [9.17, 15) is 9.90 Å². The number of ether oxygens (including phenoxy) is 1. The van der Waals surface area contributed by atoms with Gasteiger partial charge in [0.1, 0.15) is 5.41 Å². The van der Waals surface area contributed by atoms with Crippen LogP contribution in [0.1, 0.15) is 23.6 Å². The number of carbonyl (C=O) groups is 1. The fourth-order valence-corrected chi connectivity index (χ4v) is 1.98. The van der Waals surface area contributed by atoms with Gasteiger partial charge in [0, 0.05) is 7.11 Å². The number of benzene rings is 1. The van der Waals surface area contributed by atoms with E-state index in [2.05, 4.69) is 0 Å². The SMILES string of the molecule is COCC(C)(C(=O)O)c1ccc(C)cc1C. The van der Waals surface area contributed by atoms with Gasteiger partial charge in [-0.3, -0.25) is 4.79 Å². The minimum absolute atomic E-state index is 0.173. The molecule has 0 radical (unpaired) electrons. The summed E-state index contributed by atoms with van der Waals surface area (Å²) in [7, 11) is 1.52. The van der Waals surface area contributed by atoms with Gasteiger partial charge in [0.2, 0.25) is 0 Å². The molecular weight excluding hydrogens is 204 g/mol. The number of methoxy groups -OCH3 is 1. The summed E-state index contributed by atoms with van der Waals surface area (Å²) in [6.45, 7) is 5.78. The van der Waals surface area contributed by atoms with Gasteiger partial charge in [-0.15, -0.1) is 0 Å². The lowest BCUT2D eigenvalue weighted by molar-refractivity contribution is -0.145. The summed E-state index contributed by atoms with van der Waals surface area (Å²) in [4.78, 5) is 11.4. The standard InChI is InChI=1S/C13H18O3/c1-9-5-6-11(10(2)7-9)13(3,8-16-4)12(14)15/h5-7H,8H2,1-4H3,(H,14,15). The number of hydrogen-bond acceptors (Lipinski definition) is 2. The monoisotopic (exact) mass is 222 g/mol. The van der Waals surface area contributed by atoms with Gasteiger partial charge in [-0.25, -0.2) is 0 Å². The maximum atomic E-state index is 11.4. The van der Waals surface area contributed by atoms with E-state index in [4.69, 9.17) is 4.74 Å². The van der Waals surface area contributed by atoms with Crippen LogP contribution in [0.3, 0.4) is 0 Å². The molecule has 0 bridgehead atoms. The number of hydrogen-bond donors (Lipinski definition) is 1. The molecule has 0 aliphatic heterocycles. The summed E-state index contributed by atoms with van der Waals surface area (Å²) in [5.41, 5.74) is 1.95. The Bertz CT molecular complexity index is 398. The van der Waals surface area contributed by atoms with Crippen LogP contribution in [-0.2, 0) is 14.9 Å². The van der Waals surface area contributed by atoms with E-state index in [1.807, 2.05) is 32.0 Å². The predicted molar refractivity (Wildman–Crippen MR) is 62.8 cm³/mol. The number of carboxylic acids is 1. The van der Waals surface area contributed by atoms with E-state index in [-0.39, 0.29) is 6.61 Å². The Morgan fingerprint density at radius 2 is 2.06 bits per heavy atom. The molecule has 88 valence electrons. The molecular formula is C13H18O3. The van der Waals surface area contributed by atoms with Gasteiger partial charge in [-0.1, -0.05) is 23.8 Å². The molecule has 0 saturated heterocycles. The third-order valence-corrected chi connectivity index (χ3v) is 2.88. The van der Waals surface area contributed by atoms with Gasteiger partial charge in [-0.2, -0.15) is 0 Å². The van der Waals surface area contributed by atoms with Crippen molar-refractivity contribution in [1.82, 2.24) is 0 Å². The van der Waals surface area contributed by atoms with Crippen molar-refractivity contribution in [2.45, 2.75) is 26.2 Å². The molecule has 0 aliphatic carbocycles. The Kier molecular flexibility index (Phi) is 3.70. The number of aryl methyl sites for hydroxylation is 2. The minimum atomic E-state index is -0.980. The summed E-state index contributed by atoms with van der Waals surface area (Å²) in [5, 5.41) is 9.33. The summed E-state index contributed by atoms with van der Waals surface area (Å²) in [6.07, 6.45) is 0. The lowest BCUT2D eigenvalue weighted by Crippen LogP contribution is -2.37. The van der Waals surface area contributed by atoms with Crippen molar-refractivity contribution in [3.05, 3.63) is 34.9 Å². The van der Waals surface area contributed by atoms with Crippen molar-refractivity contribution in [3.8, 4) is 0 Å². The van der Waals surface area contributed by atoms with Crippen molar-refractivity contribution < 1.29 is 14.6 Å². The molecule has 3 heteroatoms. The Morgan fingerprint density at radius 3 is 2.50 bits per heavy atom. The second-order valence-electron chi connectivity index (χ2n) is 4.39. The second kappa shape index (κ2) is 4.66. The second-order valence-corrected chi connectivity index (χ2v) is 4.39. The minimum Gasteiger partial charge on any atom is -0.481 e. The van der Waals surface area contributed by atoms with E-state index in [0.717, 1.165) is 16.7 Å². The van der Waals surface area contributed by atoms with Crippen LogP contribution in [0, 0.1) is 13.8 Å². The highest BCUT2D eigenvalue weighted by molar-refractivity contribution is 5.81. The smallest absolute Gasteiger partial charge is 0.316 e. The van der Waals surface area contributed by atoms with Crippen LogP contribution >= 0.6 is 0 Å². The van der Waals surface area contributed by atoms with E-state index < -0.39 is 11.4 Å².